The second kappa shape index (κ2) is 6.35. The molecule has 1 saturated heterocycles. The van der Waals surface area contributed by atoms with Gasteiger partial charge in [-0.3, -0.25) is 14.4 Å². The van der Waals surface area contributed by atoms with Crippen LogP contribution in [0, 0.1) is 0 Å². The second-order valence-corrected chi connectivity index (χ2v) is 5.86. The Morgan fingerprint density at radius 3 is 2.28 bits per heavy atom. The maximum absolute atomic E-state index is 12.6. The van der Waals surface area contributed by atoms with Gasteiger partial charge in [0.05, 0.1) is 18.3 Å². The summed E-state index contributed by atoms with van der Waals surface area (Å²) in [4.78, 5) is 51.0. The molecule has 1 aliphatic rings. The largest absolute Gasteiger partial charge is 0.348 e. The average Bonchev–Trinajstić information content (AvgIpc) is 3.12. The van der Waals surface area contributed by atoms with Crippen LogP contribution in [0.3, 0.4) is 0 Å². The Balaban J connectivity index is 1.82. The Morgan fingerprint density at radius 1 is 1.00 bits per heavy atom. The molecule has 1 aromatic heterocycles. The molecule has 1 fully saturated rings. The smallest absolute Gasteiger partial charge is 0.335 e. The van der Waals surface area contributed by atoms with E-state index in [1.165, 1.54) is 0 Å². The van der Waals surface area contributed by atoms with Crippen molar-refractivity contribution < 1.29 is 19.2 Å². The number of hydrogen-bond donors (Lipinski definition) is 0. The molecule has 7 heteroatoms. The third kappa shape index (κ3) is 2.84. The van der Waals surface area contributed by atoms with Gasteiger partial charge in [-0.1, -0.05) is 30.3 Å². The number of carbonyl (C=O) groups is 4. The molecule has 25 heavy (non-hydrogen) atoms. The molecule has 0 saturated carbocycles. The Bertz CT molecular complexity index is 856. The fourth-order valence-corrected chi connectivity index (χ4v) is 2.86. The molecule has 1 atom stereocenters. The number of rotatable bonds is 5. The van der Waals surface area contributed by atoms with Crippen LogP contribution in [0.5, 0.6) is 0 Å². The van der Waals surface area contributed by atoms with Crippen molar-refractivity contribution in [2.24, 2.45) is 7.05 Å². The van der Waals surface area contributed by atoms with Gasteiger partial charge in [0, 0.05) is 13.2 Å². The summed E-state index contributed by atoms with van der Waals surface area (Å²) in [6, 6.07) is 10.9. The highest BCUT2D eigenvalue weighted by atomic mass is 16.2. The number of benzene rings is 1. The summed E-state index contributed by atoms with van der Waals surface area (Å²) in [6.45, 7) is 1.21. The molecule has 0 N–H and O–H groups in total. The van der Waals surface area contributed by atoms with Crippen molar-refractivity contribution in [3.63, 3.8) is 0 Å². The summed E-state index contributed by atoms with van der Waals surface area (Å²) in [7, 11) is 1.69. The van der Waals surface area contributed by atoms with E-state index in [1.807, 2.05) is 6.07 Å². The van der Waals surface area contributed by atoms with Crippen molar-refractivity contribution in [2.75, 3.05) is 6.54 Å². The third-order valence-corrected chi connectivity index (χ3v) is 4.28. The van der Waals surface area contributed by atoms with Crippen LogP contribution in [-0.4, -0.2) is 44.5 Å². The first-order valence-electron chi connectivity index (χ1n) is 7.80. The number of imide groups is 2. The maximum Gasteiger partial charge on any atom is 0.335 e. The molecular formula is C18H17N3O4. The zero-order chi connectivity index (χ0) is 18.1. The SMILES string of the molecule is CC(c1ccccc1)N1C(=O)C(=O)N(CC(=O)c2cccn2C)C1=O. The number of aryl methyl sites for hydroxylation is 1. The van der Waals surface area contributed by atoms with E-state index < -0.39 is 36.2 Å². The molecule has 1 unspecified atom stereocenters. The van der Waals surface area contributed by atoms with Crippen LogP contribution in [0.15, 0.2) is 48.7 Å². The predicted molar refractivity (Wildman–Crippen MR) is 88.6 cm³/mol. The number of nitrogens with zero attached hydrogens (tertiary/aromatic N) is 3. The van der Waals surface area contributed by atoms with Crippen LogP contribution >= 0.6 is 0 Å². The minimum Gasteiger partial charge on any atom is -0.348 e. The van der Waals surface area contributed by atoms with Gasteiger partial charge in [0.1, 0.15) is 0 Å². The maximum atomic E-state index is 12.6. The van der Waals surface area contributed by atoms with E-state index in [-0.39, 0.29) is 0 Å². The number of amides is 4. The fourth-order valence-electron chi connectivity index (χ4n) is 2.86. The van der Waals surface area contributed by atoms with E-state index >= 15 is 0 Å². The Hall–Kier alpha value is -3.22. The molecule has 0 spiro atoms. The van der Waals surface area contributed by atoms with E-state index in [0.29, 0.717) is 10.6 Å². The van der Waals surface area contributed by atoms with Gasteiger partial charge in [-0.15, -0.1) is 0 Å². The van der Waals surface area contributed by atoms with E-state index in [0.717, 1.165) is 10.5 Å². The number of ketones is 1. The lowest BCUT2D eigenvalue weighted by molar-refractivity contribution is -0.143. The van der Waals surface area contributed by atoms with Crippen LogP contribution in [0.2, 0.25) is 0 Å². The lowest BCUT2D eigenvalue weighted by Gasteiger charge is -2.22. The molecule has 7 nitrogen and oxygen atoms in total. The van der Waals surface area contributed by atoms with Crippen LogP contribution in [0.25, 0.3) is 0 Å². The van der Waals surface area contributed by atoms with Crippen molar-refractivity contribution >= 4 is 23.6 Å². The van der Waals surface area contributed by atoms with Gasteiger partial charge < -0.3 is 4.57 Å². The minimum absolute atomic E-state index is 0.364. The highest BCUT2D eigenvalue weighted by molar-refractivity contribution is 6.45. The number of aromatic nitrogens is 1. The van der Waals surface area contributed by atoms with E-state index in [1.54, 1.807) is 61.1 Å². The summed E-state index contributed by atoms with van der Waals surface area (Å²) >= 11 is 0. The van der Waals surface area contributed by atoms with Gasteiger partial charge in [-0.2, -0.15) is 0 Å². The molecule has 0 bridgehead atoms. The molecular weight excluding hydrogens is 322 g/mol. The number of hydrogen-bond acceptors (Lipinski definition) is 4. The summed E-state index contributed by atoms with van der Waals surface area (Å²) in [5.41, 5.74) is 1.09. The average molecular weight is 339 g/mol. The Labute approximate surface area is 144 Å². The molecule has 0 aliphatic carbocycles. The highest BCUT2D eigenvalue weighted by Gasteiger charge is 2.47. The lowest BCUT2D eigenvalue weighted by Crippen LogP contribution is -2.38. The van der Waals surface area contributed by atoms with Crippen LogP contribution < -0.4 is 0 Å². The molecule has 2 heterocycles. The van der Waals surface area contributed by atoms with Crippen molar-refractivity contribution in [3.05, 3.63) is 59.9 Å². The van der Waals surface area contributed by atoms with Crippen molar-refractivity contribution in [1.82, 2.24) is 14.4 Å². The van der Waals surface area contributed by atoms with Gasteiger partial charge in [-0.05, 0) is 24.6 Å². The number of Topliss-reactive ketones (excluding diaryl/α,β-unsaturated/α-hetero) is 1. The van der Waals surface area contributed by atoms with E-state index in [2.05, 4.69) is 0 Å². The first kappa shape index (κ1) is 16.6. The monoisotopic (exact) mass is 339 g/mol. The van der Waals surface area contributed by atoms with Gasteiger partial charge >= 0.3 is 17.8 Å². The summed E-state index contributed by atoms with van der Waals surface area (Å²) in [6.07, 6.45) is 1.69. The Kier molecular flexibility index (Phi) is 4.22. The van der Waals surface area contributed by atoms with E-state index in [4.69, 9.17) is 0 Å². The van der Waals surface area contributed by atoms with E-state index in [9.17, 15) is 19.2 Å². The zero-order valence-electron chi connectivity index (χ0n) is 13.9. The molecule has 0 radical (unpaired) electrons. The summed E-state index contributed by atoms with van der Waals surface area (Å²) in [5.74, 6) is -2.30. The third-order valence-electron chi connectivity index (χ3n) is 4.28. The highest BCUT2D eigenvalue weighted by Crippen LogP contribution is 2.26. The lowest BCUT2D eigenvalue weighted by atomic mass is 10.1. The van der Waals surface area contributed by atoms with Crippen LogP contribution in [0.1, 0.15) is 29.0 Å². The van der Waals surface area contributed by atoms with Crippen molar-refractivity contribution in [2.45, 2.75) is 13.0 Å². The van der Waals surface area contributed by atoms with Gasteiger partial charge in [0.2, 0.25) is 0 Å². The predicted octanol–water partition coefficient (Wildman–Crippen LogP) is 1.76. The zero-order valence-corrected chi connectivity index (χ0v) is 13.9. The molecule has 1 aliphatic heterocycles. The van der Waals surface area contributed by atoms with Crippen LogP contribution in [0.4, 0.5) is 4.79 Å². The molecule has 1 aromatic carbocycles. The number of urea groups is 1. The molecule has 2 aromatic rings. The standard InChI is InChI=1S/C18H17N3O4/c1-12(13-7-4-3-5-8-13)21-17(24)16(23)20(18(21)25)11-15(22)14-9-6-10-19(14)2/h3-10,12H,11H2,1-2H3. The topological polar surface area (TPSA) is 79.7 Å². The quantitative estimate of drug-likeness (QED) is 0.472. The van der Waals surface area contributed by atoms with Crippen molar-refractivity contribution in [1.29, 1.82) is 0 Å². The fraction of sp³-hybridized carbons (Fsp3) is 0.222. The minimum atomic E-state index is -0.977. The molecule has 4 amide bonds. The summed E-state index contributed by atoms with van der Waals surface area (Å²) in [5, 5.41) is 0. The number of carbonyl (C=O) groups excluding carboxylic acids is 4. The van der Waals surface area contributed by atoms with Crippen LogP contribution in [-0.2, 0) is 16.6 Å². The van der Waals surface area contributed by atoms with Gasteiger partial charge in [0.25, 0.3) is 0 Å². The normalized spacial score (nSPS) is 15.8. The summed E-state index contributed by atoms with van der Waals surface area (Å²) < 4.78 is 1.60. The first-order valence-corrected chi connectivity index (χ1v) is 7.80. The molecule has 128 valence electrons. The second-order valence-electron chi connectivity index (χ2n) is 5.86. The molecule has 3 rings (SSSR count). The van der Waals surface area contributed by atoms with Gasteiger partial charge in [0.15, 0.2) is 5.78 Å². The van der Waals surface area contributed by atoms with Crippen molar-refractivity contribution in [3.8, 4) is 0 Å². The van der Waals surface area contributed by atoms with Gasteiger partial charge in [-0.25, -0.2) is 14.6 Å². The Morgan fingerprint density at radius 2 is 1.68 bits per heavy atom. The first-order chi connectivity index (χ1) is 11.9.